The van der Waals surface area contributed by atoms with Crippen LogP contribution >= 0.6 is 0 Å². The van der Waals surface area contributed by atoms with Gasteiger partial charge in [-0.1, -0.05) is 6.07 Å². The highest BCUT2D eigenvalue weighted by molar-refractivity contribution is 5.87. The van der Waals surface area contributed by atoms with E-state index >= 15 is 0 Å². The third-order valence-electron chi connectivity index (χ3n) is 1.98. The van der Waals surface area contributed by atoms with Gasteiger partial charge in [-0.25, -0.2) is 4.79 Å². The molecule has 1 aromatic carbocycles. The molecule has 17 heavy (non-hydrogen) atoms. The first-order valence-corrected chi connectivity index (χ1v) is 5.48. The molecule has 0 bridgehead atoms. The SMILES string of the molecule is CCOC(=O)/C=C/c1ccc(O)c(OCC)c1. The fraction of sp³-hybridized carbons (Fsp3) is 0.308. The van der Waals surface area contributed by atoms with E-state index in [1.54, 1.807) is 25.1 Å². The number of esters is 1. The Morgan fingerprint density at radius 3 is 2.76 bits per heavy atom. The van der Waals surface area contributed by atoms with Crippen molar-refractivity contribution in [1.29, 1.82) is 0 Å². The molecule has 0 heterocycles. The standard InChI is InChI=1S/C13H16O4/c1-3-16-12-9-10(5-7-11(12)14)6-8-13(15)17-4-2/h5-9,14H,3-4H2,1-2H3/b8-6+. The topological polar surface area (TPSA) is 55.8 Å². The van der Waals surface area contributed by atoms with E-state index in [0.29, 0.717) is 19.0 Å². The van der Waals surface area contributed by atoms with E-state index in [-0.39, 0.29) is 5.75 Å². The van der Waals surface area contributed by atoms with Crippen LogP contribution in [0.1, 0.15) is 19.4 Å². The number of aromatic hydroxyl groups is 1. The molecule has 4 nitrogen and oxygen atoms in total. The third-order valence-corrected chi connectivity index (χ3v) is 1.98. The lowest BCUT2D eigenvalue weighted by Gasteiger charge is -2.06. The lowest BCUT2D eigenvalue weighted by Crippen LogP contribution is -1.98. The molecule has 1 rings (SSSR count). The molecule has 92 valence electrons. The Morgan fingerprint density at radius 1 is 1.35 bits per heavy atom. The third kappa shape index (κ3) is 4.18. The molecule has 0 atom stereocenters. The van der Waals surface area contributed by atoms with Crippen molar-refractivity contribution in [1.82, 2.24) is 0 Å². The summed E-state index contributed by atoms with van der Waals surface area (Å²) in [7, 11) is 0. The number of rotatable bonds is 5. The Balaban J connectivity index is 2.78. The molecule has 1 aromatic rings. The van der Waals surface area contributed by atoms with Crippen LogP contribution in [-0.2, 0) is 9.53 Å². The Bertz CT molecular complexity index is 410. The van der Waals surface area contributed by atoms with Crippen LogP contribution in [0.4, 0.5) is 0 Å². The number of hydrogen-bond acceptors (Lipinski definition) is 4. The summed E-state index contributed by atoms with van der Waals surface area (Å²) in [5, 5.41) is 9.49. The highest BCUT2D eigenvalue weighted by atomic mass is 16.5. The monoisotopic (exact) mass is 236 g/mol. The van der Waals surface area contributed by atoms with Gasteiger partial charge in [0.1, 0.15) is 0 Å². The summed E-state index contributed by atoms with van der Waals surface area (Å²) in [6.45, 7) is 4.40. The van der Waals surface area contributed by atoms with Gasteiger partial charge in [0.25, 0.3) is 0 Å². The zero-order valence-corrected chi connectivity index (χ0v) is 9.97. The highest BCUT2D eigenvalue weighted by Gasteiger charge is 2.02. The average molecular weight is 236 g/mol. The van der Waals surface area contributed by atoms with Gasteiger partial charge >= 0.3 is 5.97 Å². The molecule has 0 fully saturated rings. The molecular weight excluding hydrogens is 220 g/mol. The van der Waals surface area contributed by atoms with Crippen molar-refractivity contribution in [2.45, 2.75) is 13.8 Å². The van der Waals surface area contributed by atoms with Crippen molar-refractivity contribution in [3.8, 4) is 11.5 Å². The molecule has 0 amide bonds. The maximum absolute atomic E-state index is 11.1. The molecule has 0 aromatic heterocycles. The number of phenols is 1. The van der Waals surface area contributed by atoms with Crippen molar-refractivity contribution in [3.05, 3.63) is 29.8 Å². The minimum Gasteiger partial charge on any atom is -0.504 e. The van der Waals surface area contributed by atoms with Crippen LogP contribution in [0.5, 0.6) is 11.5 Å². The van der Waals surface area contributed by atoms with E-state index in [0.717, 1.165) is 5.56 Å². The number of carbonyl (C=O) groups is 1. The summed E-state index contributed by atoms with van der Waals surface area (Å²) in [6.07, 6.45) is 2.95. The van der Waals surface area contributed by atoms with Gasteiger partial charge in [-0.3, -0.25) is 0 Å². The first-order chi connectivity index (χ1) is 8.17. The predicted octanol–water partition coefficient (Wildman–Crippen LogP) is 2.37. The van der Waals surface area contributed by atoms with Gasteiger partial charge in [-0.15, -0.1) is 0 Å². The van der Waals surface area contributed by atoms with Gasteiger partial charge in [0.05, 0.1) is 13.2 Å². The molecule has 0 aliphatic heterocycles. The highest BCUT2D eigenvalue weighted by Crippen LogP contribution is 2.27. The zero-order valence-electron chi connectivity index (χ0n) is 9.97. The summed E-state index contributed by atoms with van der Waals surface area (Å²) in [6, 6.07) is 4.87. The van der Waals surface area contributed by atoms with Gasteiger partial charge in [0.2, 0.25) is 0 Å². The largest absolute Gasteiger partial charge is 0.504 e. The van der Waals surface area contributed by atoms with E-state index in [2.05, 4.69) is 0 Å². The normalized spacial score (nSPS) is 10.5. The van der Waals surface area contributed by atoms with Crippen LogP contribution in [0.2, 0.25) is 0 Å². The first-order valence-electron chi connectivity index (χ1n) is 5.48. The Morgan fingerprint density at radius 2 is 2.12 bits per heavy atom. The number of ether oxygens (including phenoxy) is 2. The van der Waals surface area contributed by atoms with Gasteiger partial charge in [0.15, 0.2) is 11.5 Å². The van der Waals surface area contributed by atoms with Crippen LogP contribution in [0, 0.1) is 0 Å². The van der Waals surface area contributed by atoms with E-state index in [1.165, 1.54) is 12.1 Å². The van der Waals surface area contributed by atoms with Gasteiger partial charge < -0.3 is 14.6 Å². The zero-order chi connectivity index (χ0) is 12.7. The van der Waals surface area contributed by atoms with Gasteiger partial charge in [-0.2, -0.15) is 0 Å². The summed E-state index contributed by atoms with van der Waals surface area (Å²) in [5.74, 6) is 0.0946. The maximum Gasteiger partial charge on any atom is 0.330 e. The van der Waals surface area contributed by atoms with E-state index < -0.39 is 5.97 Å². The number of benzene rings is 1. The number of carbonyl (C=O) groups excluding carboxylic acids is 1. The van der Waals surface area contributed by atoms with Gasteiger partial charge in [0, 0.05) is 6.08 Å². The number of hydrogen-bond donors (Lipinski definition) is 1. The fourth-order valence-corrected chi connectivity index (χ4v) is 1.26. The van der Waals surface area contributed by atoms with Crippen LogP contribution in [0.3, 0.4) is 0 Å². The molecule has 0 unspecified atom stereocenters. The molecule has 0 saturated carbocycles. The molecule has 0 saturated heterocycles. The van der Waals surface area contributed by atoms with Gasteiger partial charge in [-0.05, 0) is 37.6 Å². The maximum atomic E-state index is 11.1. The minimum absolute atomic E-state index is 0.0835. The van der Waals surface area contributed by atoms with Crippen molar-refractivity contribution >= 4 is 12.0 Å². The smallest absolute Gasteiger partial charge is 0.330 e. The predicted molar refractivity (Wildman–Crippen MR) is 64.9 cm³/mol. The van der Waals surface area contributed by atoms with Crippen LogP contribution in [0.15, 0.2) is 24.3 Å². The molecule has 1 N–H and O–H groups in total. The second-order valence-corrected chi connectivity index (χ2v) is 3.25. The van der Waals surface area contributed by atoms with Crippen LogP contribution in [0.25, 0.3) is 6.08 Å². The molecule has 4 heteroatoms. The van der Waals surface area contributed by atoms with Crippen molar-refractivity contribution in [3.63, 3.8) is 0 Å². The Kier molecular flexibility index (Phi) is 5.07. The Labute approximate surface area is 100 Å². The van der Waals surface area contributed by atoms with E-state index in [4.69, 9.17) is 9.47 Å². The van der Waals surface area contributed by atoms with Crippen LogP contribution in [-0.4, -0.2) is 24.3 Å². The minimum atomic E-state index is -0.390. The molecule has 0 spiro atoms. The molecule has 0 radical (unpaired) electrons. The molecule has 0 aliphatic rings. The molecular formula is C13H16O4. The summed E-state index contributed by atoms with van der Waals surface area (Å²) in [4.78, 5) is 11.1. The fourth-order valence-electron chi connectivity index (χ4n) is 1.26. The van der Waals surface area contributed by atoms with Crippen molar-refractivity contribution in [2.75, 3.05) is 13.2 Å². The second-order valence-electron chi connectivity index (χ2n) is 3.25. The second kappa shape index (κ2) is 6.58. The van der Waals surface area contributed by atoms with Crippen LogP contribution < -0.4 is 4.74 Å². The lowest BCUT2D eigenvalue weighted by molar-refractivity contribution is -0.137. The van der Waals surface area contributed by atoms with E-state index in [9.17, 15) is 9.90 Å². The number of phenolic OH excluding ortho intramolecular Hbond substituents is 1. The van der Waals surface area contributed by atoms with Crippen molar-refractivity contribution in [2.24, 2.45) is 0 Å². The summed E-state index contributed by atoms with van der Waals surface area (Å²) in [5.41, 5.74) is 0.763. The lowest BCUT2D eigenvalue weighted by atomic mass is 10.2. The first kappa shape index (κ1) is 13.1. The summed E-state index contributed by atoms with van der Waals surface area (Å²) >= 11 is 0. The Hall–Kier alpha value is -1.97. The van der Waals surface area contributed by atoms with Crippen molar-refractivity contribution < 1.29 is 19.4 Å². The van der Waals surface area contributed by atoms with E-state index in [1.807, 2.05) is 6.92 Å². The quantitative estimate of drug-likeness (QED) is 0.630. The summed E-state index contributed by atoms with van der Waals surface area (Å²) < 4.78 is 9.99. The molecule has 0 aliphatic carbocycles. The average Bonchev–Trinajstić information content (AvgIpc) is 2.31.